The molecule has 0 aromatic carbocycles. The number of nitrogens with zero attached hydrogens (tertiary/aromatic N) is 2. The molecule has 32 atom stereocenters. The molecule has 0 aromatic heterocycles. The van der Waals surface area contributed by atoms with Gasteiger partial charge in [-0.3, -0.25) is 49.4 Å². The number of esters is 2. The first-order valence-electron chi connectivity index (χ1n) is 51.5. The van der Waals surface area contributed by atoms with Gasteiger partial charge in [-0.25, -0.2) is 9.59 Å². The Bertz CT molecular complexity index is 4320. The van der Waals surface area contributed by atoms with Gasteiger partial charge in [0.15, 0.2) is 24.1 Å². The zero-order valence-corrected chi connectivity index (χ0v) is 90.8. The van der Waals surface area contributed by atoms with Gasteiger partial charge in [-0.05, 0) is 214 Å². The van der Waals surface area contributed by atoms with Gasteiger partial charge in [0.25, 0.3) is 23.4 Å². The molecule has 2 saturated carbocycles. The van der Waals surface area contributed by atoms with E-state index < -0.39 is 177 Å². The van der Waals surface area contributed by atoms with Gasteiger partial charge in [0, 0.05) is 123 Å². The van der Waals surface area contributed by atoms with Crippen LogP contribution in [0.25, 0.3) is 0 Å². The molecule has 4 saturated heterocycles. The van der Waals surface area contributed by atoms with Crippen molar-refractivity contribution in [3.05, 3.63) is 95.2 Å². The van der Waals surface area contributed by atoms with E-state index in [0.29, 0.717) is 133 Å². The van der Waals surface area contributed by atoms with E-state index in [-0.39, 0.29) is 116 Å². The lowest BCUT2D eigenvalue weighted by Gasteiger charge is -2.42. The van der Waals surface area contributed by atoms with Crippen LogP contribution in [0.3, 0.4) is 0 Å². The number of fused-ring (bicyclic) bond motifs is 6. The number of nitrogens with one attached hydrogen (secondary N) is 1. The van der Waals surface area contributed by atoms with E-state index in [1.807, 2.05) is 130 Å². The second-order valence-electron chi connectivity index (χ2n) is 41.0. The smallest absolute Gasteiger partial charge is 0.350 e. The molecule has 4 bridgehead atoms. The average molecular weight is 2020 g/mol. The van der Waals surface area contributed by atoms with Crippen molar-refractivity contribution >= 4 is 74.1 Å². The average Bonchev–Trinajstić information content (AvgIpc) is 0.778. The Hall–Kier alpha value is -6.58. The molecule has 6 heterocycles. The predicted molar refractivity (Wildman–Crippen MR) is 544 cm³/mol. The number of aliphatic hydroxyl groups excluding tert-OH is 3. The molecule has 6 aliphatic heterocycles. The van der Waals surface area contributed by atoms with Crippen molar-refractivity contribution < 1.29 is 130 Å². The summed E-state index contributed by atoms with van der Waals surface area (Å²) in [5.41, 5.74) is 7.42. The highest BCUT2D eigenvalue weighted by atomic mass is 31.1. The molecule has 0 spiro atoms. The van der Waals surface area contributed by atoms with Crippen molar-refractivity contribution in [3.8, 4) is 0 Å². The van der Waals surface area contributed by atoms with Crippen LogP contribution in [0.2, 0.25) is 0 Å². The molecule has 8 aliphatic rings. The summed E-state index contributed by atoms with van der Waals surface area (Å²) in [6.45, 7) is 32.8. The SMILES string of the molecule is CC.CO[C@H]1CC2CC[C@@H](C)[C@@](O)(O2)C(=O)C(=O)N2CCCCC2C(=O)O[C@H]([C@H](C)C[C@@H]2CCC(NC[P+](C)=O)[C@H](OC)C2)CC(=O)[C@H](C)/C=C(\C)[C@@H](O)[C@@H](OC)C(=O)[C@H](C)C[C@H](C)/C=C/C=C/C=C/1C.CO[C@H]1CC2CC[C@@H](C)[C@@](O)(O2)C(=O)C(=O)N2CCCCC2C(=O)O[C@H]([C@H](C)C[C@@H]2CCC(O)[C@H](OC)C2)CC(=O)[C@H](C)/C=C(\C)[C@@H](O)[C@@H](OC)C(=O)[C@H](C)C[C@H](C)/C=C/C=C/C=C/1C.C[P+](=O)CN. The summed E-state index contributed by atoms with van der Waals surface area (Å²) in [5.74, 6) is -15.9. The first-order valence-corrected chi connectivity index (χ1v) is 55.3. The molecular weight excluding hydrogens is 1850 g/mol. The number of ether oxygens (including phenoxy) is 10. The molecule has 141 heavy (non-hydrogen) atoms. The van der Waals surface area contributed by atoms with Gasteiger partial charge in [0.1, 0.15) is 73.6 Å². The molecule has 2 aliphatic carbocycles. The fourth-order valence-corrected chi connectivity index (χ4v) is 21.2. The van der Waals surface area contributed by atoms with E-state index in [2.05, 4.69) is 5.32 Å². The molecule has 2 amide bonds. The lowest BCUT2D eigenvalue weighted by molar-refractivity contribution is -0.265. The van der Waals surface area contributed by atoms with E-state index in [1.165, 1.54) is 24.0 Å². The number of Topliss-reactive ketones (excluding diaryl/α,β-unsaturated/α-hetero) is 6. The normalized spacial score (nSPS) is 38.1. The zero-order valence-electron chi connectivity index (χ0n) is 89.0. The lowest BCUT2D eigenvalue weighted by atomic mass is 9.77. The second kappa shape index (κ2) is 61.9. The van der Waals surface area contributed by atoms with Crippen molar-refractivity contribution in [1.82, 2.24) is 15.1 Å². The lowest BCUT2D eigenvalue weighted by Crippen LogP contribution is -2.61. The van der Waals surface area contributed by atoms with Gasteiger partial charge >= 0.3 is 27.5 Å². The van der Waals surface area contributed by atoms with Crippen LogP contribution in [0.4, 0.5) is 0 Å². The number of nitrogens with two attached hydrogens (primary N) is 1. The van der Waals surface area contributed by atoms with Crippen molar-refractivity contribution in [2.24, 2.45) is 76.7 Å². The summed E-state index contributed by atoms with van der Waals surface area (Å²) in [6.07, 6.45) is 24.4. The quantitative estimate of drug-likeness (QED) is 0.0326. The molecule has 0 aromatic rings. The van der Waals surface area contributed by atoms with E-state index >= 15 is 0 Å². The van der Waals surface area contributed by atoms with E-state index in [0.717, 1.165) is 30.4 Å². The first kappa shape index (κ1) is 125. The minimum absolute atomic E-state index is 0.0161. The van der Waals surface area contributed by atoms with E-state index in [4.69, 9.17) is 53.1 Å². The van der Waals surface area contributed by atoms with Gasteiger partial charge in [0.2, 0.25) is 11.6 Å². The molecule has 8 N–H and O–H groups in total. The van der Waals surface area contributed by atoms with Gasteiger partial charge in [-0.1, -0.05) is 165 Å². The number of hydrogen-bond donors (Lipinski definition) is 7. The van der Waals surface area contributed by atoms with Gasteiger partial charge in [-0.15, -0.1) is 0 Å². The number of ketones is 6. The van der Waals surface area contributed by atoms with Crippen molar-refractivity contribution in [2.45, 2.75) is 374 Å². The molecule has 798 valence electrons. The number of rotatable bonds is 16. The largest absolute Gasteiger partial charge is 0.460 e. The minimum Gasteiger partial charge on any atom is -0.460 e. The van der Waals surface area contributed by atoms with Crippen LogP contribution < -0.4 is 11.1 Å². The minimum atomic E-state index is -2.43. The number of allylic oxidation sites excluding steroid dienone is 12. The Morgan fingerprint density at radius 2 is 0.858 bits per heavy atom. The first-order chi connectivity index (χ1) is 66.7. The number of piperidine rings is 2. The summed E-state index contributed by atoms with van der Waals surface area (Å²) in [7, 11) is 6.70. The highest BCUT2D eigenvalue weighted by Crippen LogP contribution is 2.42. The van der Waals surface area contributed by atoms with Crippen LogP contribution >= 0.6 is 15.6 Å². The van der Waals surface area contributed by atoms with Crippen molar-refractivity contribution in [2.75, 3.05) is 81.6 Å². The van der Waals surface area contributed by atoms with Gasteiger partial charge in [0.05, 0.1) is 42.7 Å². The van der Waals surface area contributed by atoms with Crippen LogP contribution in [0, 0.1) is 71.0 Å². The van der Waals surface area contributed by atoms with Crippen LogP contribution in [0.1, 0.15) is 265 Å². The monoisotopic (exact) mass is 2020 g/mol. The third-order valence-corrected chi connectivity index (χ3v) is 31.0. The zero-order chi connectivity index (χ0) is 106. The number of hydrogen-bond acceptors (Lipinski definition) is 29. The fraction of sp³-hybridized carbons (Fsp3) is 0.759. The Labute approximate surface area is 842 Å². The Balaban J connectivity index is 0.000000467. The number of carbonyl (C=O) groups is 10. The number of amides is 2. The Morgan fingerprint density at radius 1 is 0.475 bits per heavy atom. The number of cyclic esters (lactones) is 2. The van der Waals surface area contributed by atoms with Gasteiger partial charge < -0.3 is 82.7 Å². The third-order valence-electron chi connectivity index (χ3n) is 29.8. The topological polar surface area (TPSA) is 443 Å². The molecule has 6 fully saturated rings. The maximum Gasteiger partial charge on any atom is 0.350 e. The van der Waals surface area contributed by atoms with Crippen LogP contribution in [0.15, 0.2) is 95.2 Å². The Kier molecular flexibility index (Phi) is 54.8. The maximum absolute atomic E-state index is 14.5. The van der Waals surface area contributed by atoms with Crippen molar-refractivity contribution in [3.63, 3.8) is 0 Å². The predicted octanol–water partition coefficient (Wildman–Crippen LogP) is 14.8. The van der Waals surface area contributed by atoms with Crippen LogP contribution in [-0.2, 0) is 104 Å². The third kappa shape index (κ3) is 37.3. The van der Waals surface area contributed by atoms with E-state index in [9.17, 15) is 82.6 Å². The highest BCUT2D eigenvalue weighted by Gasteiger charge is 2.56. The molecule has 8 unspecified atom stereocenters. The van der Waals surface area contributed by atoms with Crippen LogP contribution in [-0.4, -0.2) is 284 Å². The summed E-state index contributed by atoms with van der Waals surface area (Å²) in [4.78, 5) is 144. The summed E-state index contributed by atoms with van der Waals surface area (Å²) in [5, 5.41) is 60.7. The van der Waals surface area contributed by atoms with E-state index in [1.54, 1.807) is 95.5 Å². The maximum atomic E-state index is 14.5. The molecule has 8 rings (SSSR count). The summed E-state index contributed by atoms with van der Waals surface area (Å²) in [6, 6.07) is -2.25. The Morgan fingerprint density at radius 3 is 1.22 bits per heavy atom. The highest BCUT2D eigenvalue weighted by molar-refractivity contribution is 7.43. The second-order valence-corrected chi connectivity index (χ2v) is 44.2. The number of methoxy groups -OCH3 is 6. The summed E-state index contributed by atoms with van der Waals surface area (Å²) < 4.78 is 80.9. The molecule has 0 radical (unpaired) electrons. The summed E-state index contributed by atoms with van der Waals surface area (Å²) >= 11 is 0. The number of aliphatic hydroxyl groups is 5. The van der Waals surface area contributed by atoms with Crippen molar-refractivity contribution in [1.29, 1.82) is 0 Å². The number of carbonyl (C=O) groups excluding carboxylic acids is 10. The molecule has 33 heteroatoms. The fourth-order valence-electron chi connectivity index (χ4n) is 20.7. The molecular formula is C108H176N4O27P2+2. The van der Waals surface area contributed by atoms with Crippen LogP contribution in [0.5, 0.6) is 0 Å². The van der Waals surface area contributed by atoms with Gasteiger partial charge in [-0.2, -0.15) is 0 Å². The molecule has 31 nitrogen and oxygen atoms in total. The standard InChI is InChI=1S/C53H84N2O13P.C51H79NO13.C2H7NOP.C2H6/c1-32-17-13-12-14-18-33(2)44(64-8)29-40-22-20-38(7)53(62,68-40)50(59)51(60)55-24-16-15-19-42(55)52(61)67-45(35(4)27-39-21-23-41(46(28-39)65-9)54-31-69(11)63)30-43(56)34(3)26-37(6)48(58)49(66-10)47(57)36(5)25-32;1-30-16-12-11-13-17-31(2)42(61-8)28-38-21-19-36(7)51(60,65-38)48(57)49(58)52-23-15-14-18-39(52)50(59)64-43(33(4)26-37-20-22-40(53)44(27-37)62-9)29-41(54)32(3)25-35(6)46(56)47(63-10)45(55)34(5)24-30;1-5(4)2-3;1-2/h12-14,17-18,26,32,34-36,38-42,44-46,48-49,54,58,62H,15-16,19-25,27-31H2,1-11H3;11-13,16-17,25,30,32-34,36-40,42-44,46-47,53,56,60H,14-15,18-24,26-29H2,1-10H3;2-3H2,1H3;1-2H3/q+1;;+1;/b14-12+,17-13+,33-18+,37-26+;13-11+,16-12+,31-17+,35-25+;;/t32-,34-,35-,36-,38-,39+,40?,41?,42?,44+,45+,46-,48-,49+,53-;30-,32-,33-,34-,36-,37+,38?,39?,40?,42+,43+,44-,46-,47+,51-;;/m11../s1.